The highest BCUT2D eigenvalue weighted by atomic mass is 15.3. The van der Waals surface area contributed by atoms with E-state index < -0.39 is 0 Å². The Morgan fingerprint density at radius 1 is 1.04 bits per heavy atom. The van der Waals surface area contributed by atoms with Gasteiger partial charge < -0.3 is 10.2 Å². The van der Waals surface area contributed by atoms with Crippen molar-refractivity contribution < 1.29 is 0 Å². The van der Waals surface area contributed by atoms with Gasteiger partial charge in [0.2, 0.25) is 5.95 Å². The Morgan fingerprint density at radius 3 is 2.76 bits per heavy atom. The van der Waals surface area contributed by atoms with Gasteiger partial charge in [-0.05, 0) is 48.6 Å². The first-order valence-electron chi connectivity index (χ1n) is 8.55. The molecular formula is C20H21N5. The van der Waals surface area contributed by atoms with Gasteiger partial charge in [0.1, 0.15) is 0 Å². The number of nitrogens with zero attached hydrogens (tertiary/aromatic N) is 4. The van der Waals surface area contributed by atoms with Gasteiger partial charge in [-0.15, -0.1) is 5.10 Å². The number of aryl methyl sites for hydroxylation is 2. The van der Waals surface area contributed by atoms with Gasteiger partial charge in [-0.25, -0.2) is 0 Å². The molecule has 3 aromatic rings. The van der Waals surface area contributed by atoms with Crippen molar-refractivity contribution in [2.75, 3.05) is 16.8 Å². The van der Waals surface area contributed by atoms with Crippen molar-refractivity contribution in [3.05, 3.63) is 70.9 Å². The minimum absolute atomic E-state index is 0.532. The first-order chi connectivity index (χ1) is 12.2. The third kappa shape index (κ3) is 3.31. The van der Waals surface area contributed by atoms with E-state index in [1.54, 1.807) is 6.20 Å². The standard InChI is InChI=1S/C20H21N5/c1-14-7-8-15(2)18(11-14)22-20-23-19(12-21-24-20)25-10-9-16-5-3-4-6-17(16)13-25/h3-8,11-12H,9-10,13H2,1-2H3,(H,22,23,24). The summed E-state index contributed by atoms with van der Waals surface area (Å²) in [5.41, 5.74) is 6.16. The fourth-order valence-corrected chi connectivity index (χ4v) is 3.18. The van der Waals surface area contributed by atoms with Crippen molar-refractivity contribution in [2.24, 2.45) is 0 Å². The third-order valence-corrected chi connectivity index (χ3v) is 4.64. The molecule has 0 bridgehead atoms. The quantitative estimate of drug-likeness (QED) is 0.791. The zero-order valence-corrected chi connectivity index (χ0v) is 14.5. The molecule has 0 aliphatic carbocycles. The number of nitrogens with one attached hydrogen (secondary N) is 1. The minimum Gasteiger partial charge on any atom is -0.350 e. The molecule has 0 atom stereocenters. The predicted molar refractivity (Wildman–Crippen MR) is 100 cm³/mol. The summed E-state index contributed by atoms with van der Waals surface area (Å²) in [6.07, 6.45) is 2.77. The highest BCUT2D eigenvalue weighted by molar-refractivity contribution is 5.60. The molecule has 0 saturated heterocycles. The second-order valence-corrected chi connectivity index (χ2v) is 6.52. The normalized spacial score (nSPS) is 13.4. The number of rotatable bonds is 3. The Labute approximate surface area is 147 Å². The first-order valence-corrected chi connectivity index (χ1v) is 8.55. The summed E-state index contributed by atoms with van der Waals surface area (Å²) in [6.45, 7) is 5.95. The molecule has 1 N–H and O–H groups in total. The lowest BCUT2D eigenvalue weighted by atomic mass is 10.0. The highest BCUT2D eigenvalue weighted by Crippen LogP contribution is 2.24. The van der Waals surface area contributed by atoms with Crippen LogP contribution in [-0.2, 0) is 13.0 Å². The van der Waals surface area contributed by atoms with E-state index in [1.807, 2.05) is 0 Å². The Morgan fingerprint density at radius 2 is 1.88 bits per heavy atom. The molecule has 5 nitrogen and oxygen atoms in total. The zero-order chi connectivity index (χ0) is 17.2. The monoisotopic (exact) mass is 331 g/mol. The van der Waals surface area contributed by atoms with Gasteiger partial charge in [0, 0.05) is 18.8 Å². The van der Waals surface area contributed by atoms with Crippen LogP contribution in [0.3, 0.4) is 0 Å². The molecule has 0 radical (unpaired) electrons. The smallest absolute Gasteiger partial charge is 0.249 e. The molecule has 1 aromatic heterocycles. The molecule has 1 aliphatic heterocycles. The van der Waals surface area contributed by atoms with Gasteiger partial charge in [-0.3, -0.25) is 0 Å². The van der Waals surface area contributed by atoms with E-state index >= 15 is 0 Å². The highest BCUT2D eigenvalue weighted by Gasteiger charge is 2.18. The number of anilines is 3. The van der Waals surface area contributed by atoms with E-state index in [1.165, 1.54) is 16.7 Å². The molecule has 2 heterocycles. The molecule has 25 heavy (non-hydrogen) atoms. The molecule has 0 spiro atoms. The van der Waals surface area contributed by atoms with Gasteiger partial charge in [-0.2, -0.15) is 10.1 Å². The van der Waals surface area contributed by atoms with Crippen LogP contribution in [-0.4, -0.2) is 21.7 Å². The van der Waals surface area contributed by atoms with E-state index in [2.05, 4.69) is 81.7 Å². The summed E-state index contributed by atoms with van der Waals surface area (Å²) in [5.74, 6) is 1.39. The van der Waals surface area contributed by atoms with E-state index in [0.29, 0.717) is 5.95 Å². The molecule has 0 fully saturated rings. The molecule has 4 rings (SSSR count). The summed E-state index contributed by atoms with van der Waals surface area (Å²) >= 11 is 0. The molecule has 2 aromatic carbocycles. The Hall–Kier alpha value is -2.95. The van der Waals surface area contributed by atoms with Crippen LogP contribution in [0.15, 0.2) is 48.7 Å². The van der Waals surface area contributed by atoms with Crippen molar-refractivity contribution >= 4 is 17.5 Å². The maximum absolute atomic E-state index is 4.68. The Kier molecular flexibility index (Phi) is 4.06. The molecule has 0 unspecified atom stereocenters. The Balaban J connectivity index is 1.57. The second-order valence-electron chi connectivity index (χ2n) is 6.52. The lowest BCUT2D eigenvalue weighted by Gasteiger charge is -2.29. The molecular weight excluding hydrogens is 310 g/mol. The van der Waals surface area contributed by atoms with Crippen molar-refractivity contribution in [1.29, 1.82) is 0 Å². The van der Waals surface area contributed by atoms with Crippen LogP contribution in [0.2, 0.25) is 0 Å². The fraction of sp³-hybridized carbons (Fsp3) is 0.250. The number of aromatic nitrogens is 3. The number of hydrogen-bond donors (Lipinski definition) is 1. The summed E-state index contributed by atoms with van der Waals surface area (Å²) in [6, 6.07) is 14.9. The Bertz CT molecular complexity index is 906. The average molecular weight is 331 g/mol. The molecule has 126 valence electrons. The summed E-state index contributed by atoms with van der Waals surface area (Å²) in [5, 5.41) is 11.6. The van der Waals surface area contributed by atoms with Crippen LogP contribution in [0.25, 0.3) is 0 Å². The van der Waals surface area contributed by atoms with Crippen molar-refractivity contribution in [1.82, 2.24) is 15.2 Å². The van der Waals surface area contributed by atoms with Gasteiger partial charge in [0.15, 0.2) is 5.82 Å². The fourth-order valence-electron chi connectivity index (χ4n) is 3.18. The van der Waals surface area contributed by atoms with Gasteiger partial charge in [-0.1, -0.05) is 36.4 Å². The zero-order valence-electron chi connectivity index (χ0n) is 14.5. The summed E-state index contributed by atoms with van der Waals surface area (Å²) < 4.78 is 0. The third-order valence-electron chi connectivity index (χ3n) is 4.64. The van der Waals surface area contributed by atoms with Crippen molar-refractivity contribution in [3.8, 4) is 0 Å². The molecule has 1 aliphatic rings. The topological polar surface area (TPSA) is 53.9 Å². The lowest BCUT2D eigenvalue weighted by molar-refractivity contribution is 0.715. The number of fused-ring (bicyclic) bond motifs is 1. The second kappa shape index (κ2) is 6.51. The first kappa shape index (κ1) is 15.6. The van der Waals surface area contributed by atoms with Crippen LogP contribution in [0.5, 0.6) is 0 Å². The van der Waals surface area contributed by atoms with Crippen LogP contribution < -0.4 is 10.2 Å². The summed E-state index contributed by atoms with van der Waals surface area (Å²) in [7, 11) is 0. The van der Waals surface area contributed by atoms with E-state index in [-0.39, 0.29) is 0 Å². The van der Waals surface area contributed by atoms with Crippen LogP contribution in [0.1, 0.15) is 22.3 Å². The molecule has 0 amide bonds. The van der Waals surface area contributed by atoms with Crippen molar-refractivity contribution in [3.63, 3.8) is 0 Å². The van der Waals surface area contributed by atoms with Gasteiger partial charge >= 0.3 is 0 Å². The van der Waals surface area contributed by atoms with Crippen LogP contribution in [0.4, 0.5) is 17.5 Å². The lowest BCUT2D eigenvalue weighted by Crippen LogP contribution is -2.31. The van der Waals surface area contributed by atoms with Gasteiger partial charge in [0.05, 0.1) is 6.20 Å². The van der Waals surface area contributed by atoms with Gasteiger partial charge in [0.25, 0.3) is 0 Å². The van der Waals surface area contributed by atoms with Crippen LogP contribution >= 0.6 is 0 Å². The number of hydrogen-bond acceptors (Lipinski definition) is 5. The molecule has 0 saturated carbocycles. The van der Waals surface area contributed by atoms with Crippen LogP contribution in [0, 0.1) is 13.8 Å². The van der Waals surface area contributed by atoms with E-state index in [0.717, 1.165) is 36.6 Å². The maximum atomic E-state index is 4.68. The van der Waals surface area contributed by atoms with Crippen molar-refractivity contribution in [2.45, 2.75) is 26.8 Å². The van der Waals surface area contributed by atoms with E-state index in [9.17, 15) is 0 Å². The molecule has 5 heteroatoms. The number of benzene rings is 2. The summed E-state index contributed by atoms with van der Waals surface area (Å²) in [4.78, 5) is 6.93. The SMILES string of the molecule is Cc1ccc(C)c(Nc2nncc(N3CCc4ccccc4C3)n2)c1. The predicted octanol–water partition coefficient (Wildman–Crippen LogP) is 3.79. The van der Waals surface area contributed by atoms with E-state index in [4.69, 9.17) is 0 Å². The largest absolute Gasteiger partial charge is 0.350 e. The minimum atomic E-state index is 0.532. The maximum Gasteiger partial charge on any atom is 0.249 e. The average Bonchev–Trinajstić information content (AvgIpc) is 2.64.